The van der Waals surface area contributed by atoms with Gasteiger partial charge in [-0.3, -0.25) is 14.3 Å². The maximum atomic E-state index is 13.1. The molecule has 1 aromatic heterocycles. The first-order chi connectivity index (χ1) is 14.6. The van der Waals surface area contributed by atoms with Gasteiger partial charge in [0.25, 0.3) is 5.91 Å². The van der Waals surface area contributed by atoms with Gasteiger partial charge in [-0.1, -0.05) is 37.1 Å². The van der Waals surface area contributed by atoms with Gasteiger partial charge in [0.15, 0.2) is 0 Å². The highest BCUT2D eigenvalue weighted by Crippen LogP contribution is 2.42. The monoisotopic (exact) mass is 408 g/mol. The van der Waals surface area contributed by atoms with Gasteiger partial charge in [-0.2, -0.15) is 5.10 Å². The second-order valence-corrected chi connectivity index (χ2v) is 8.70. The van der Waals surface area contributed by atoms with Gasteiger partial charge in [0.05, 0.1) is 24.9 Å². The summed E-state index contributed by atoms with van der Waals surface area (Å²) in [4.78, 5) is 27.3. The number of aromatic nitrogens is 2. The predicted molar refractivity (Wildman–Crippen MR) is 111 cm³/mol. The molecule has 2 fully saturated rings. The molecule has 1 spiro atoms. The number of nitrogens with one attached hydrogen (secondary N) is 1. The SMILES string of the molecule is O=C(Cn1cc(C(=O)N2CCOC3(CCc4ccccc43)C2)cn1)NC1CCCC1. The number of benzene rings is 1. The number of fused-ring (bicyclic) bond motifs is 2. The minimum Gasteiger partial charge on any atom is -0.367 e. The van der Waals surface area contributed by atoms with E-state index < -0.39 is 5.60 Å². The van der Waals surface area contributed by atoms with Crippen LogP contribution in [0.2, 0.25) is 0 Å². The quantitative estimate of drug-likeness (QED) is 0.842. The Labute approximate surface area is 176 Å². The molecule has 7 heteroatoms. The minimum atomic E-state index is -0.401. The maximum absolute atomic E-state index is 13.1. The zero-order chi connectivity index (χ0) is 20.6. The number of aryl methyl sites for hydroxylation is 1. The summed E-state index contributed by atoms with van der Waals surface area (Å²) in [5.41, 5.74) is 2.64. The Kier molecular flexibility index (Phi) is 5.06. The van der Waals surface area contributed by atoms with Crippen LogP contribution < -0.4 is 5.32 Å². The van der Waals surface area contributed by atoms with Gasteiger partial charge >= 0.3 is 0 Å². The molecule has 0 radical (unpaired) electrons. The summed E-state index contributed by atoms with van der Waals surface area (Å²) in [6, 6.07) is 8.65. The highest BCUT2D eigenvalue weighted by atomic mass is 16.5. The summed E-state index contributed by atoms with van der Waals surface area (Å²) in [6.45, 7) is 1.79. The second kappa shape index (κ2) is 7.87. The van der Waals surface area contributed by atoms with Crippen molar-refractivity contribution in [2.45, 2.75) is 56.7 Å². The van der Waals surface area contributed by atoms with Crippen molar-refractivity contribution in [3.8, 4) is 0 Å². The number of amides is 2. The number of morpholine rings is 1. The van der Waals surface area contributed by atoms with Crippen LogP contribution in [0.3, 0.4) is 0 Å². The third-order valence-electron chi connectivity index (χ3n) is 6.69. The second-order valence-electron chi connectivity index (χ2n) is 8.70. The number of rotatable bonds is 4. The lowest BCUT2D eigenvalue weighted by molar-refractivity contribution is -0.122. The largest absolute Gasteiger partial charge is 0.367 e. The van der Waals surface area contributed by atoms with Gasteiger partial charge in [0, 0.05) is 18.8 Å². The molecule has 1 saturated heterocycles. The summed E-state index contributed by atoms with van der Waals surface area (Å²) >= 11 is 0. The van der Waals surface area contributed by atoms with Crippen LogP contribution in [-0.2, 0) is 28.1 Å². The molecule has 1 N–H and O–H groups in total. The van der Waals surface area contributed by atoms with Gasteiger partial charge < -0.3 is 15.0 Å². The van der Waals surface area contributed by atoms with Crippen LogP contribution in [-0.4, -0.2) is 52.2 Å². The van der Waals surface area contributed by atoms with E-state index in [0.717, 1.165) is 25.7 Å². The van der Waals surface area contributed by atoms with Gasteiger partial charge in [-0.15, -0.1) is 0 Å². The zero-order valence-corrected chi connectivity index (χ0v) is 17.2. The van der Waals surface area contributed by atoms with E-state index in [0.29, 0.717) is 25.3 Å². The van der Waals surface area contributed by atoms with E-state index in [1.165, 1.54) is 24.0 Å². The number of hydrogen-bond acceptors (Lipinski definition) is 4. The summed E-state index contributed by atoms with van der Waals surface area (Å²) in [7, 11) is 0. The van der Waals surface area contributed by atoms with E-state index in [4.69, 9.17) is 4.74 Å². The van der Waals surface area contributed by atoms with E-state index in [2.05, 4.69) is 28.6 Å². The lowest BCUT2D eigenvalue weighted by Gasteiger charge is -2.41. The van der Waals surface area contributed by atoms with E-state index in [1.807, 2.05) is 11.0 Å². The van der Waals surface area contributed by atoms with Crippen molar-refractivity contribution in [3.63, 3.8) is 0 Å². The van der Waals surface area contributed by atoms with E-state index in [9.17, 15) is 9.59 Å². The van der Waals surface area contributed by atoms with Gasteiger partial charge in [0.2, 0.25) is 5.91 Å². The van der Waals surface area contributed by atoms with Gasteiger partial charge in [0.1, 0.15) is 12.1 Å². The number of carbonyl (C=O) groups is 2. The molecule has 2 heterocycles. The molecule has 2 aliphatic carbocycles. The van der Waals surface area contributed by atoms with E-state index >= 15 is 0 Å². The third kappa shape index (κ3) is 3.62. The molecule has 158 valence electrons. The Balaban J connectivity index is 1.25. The standard InChI is InChI=1S/C23H28N4O3/c28-21(25-19-6-2-3-7-19)15-27-14-18(13-24-27)22(29)26-11-12-30-23(16-26)10-9-17-5-1-4-8-20(17)23/h1,4-5,8,13-14,19H,2-3,6-7,9-12,15-16H2,(H,25,28). The van der Waals surface area contributed by atoms with Crippen LogP contribution in [0.15, 0.2) is 36.7 Å². The lowest BCUT2D eigenvalue weighted by Crippen LogP contribution is -2.51. The number of ether oxygens (including phenoxy) is 1. The van der Waals surface area contributed by atoms with Crippen molar-refractivity contribution in [2.75, 3.05) is 19.7 Å². The molecule has 2 amide bonds. The zero-order valence-electron chi connectivity index (χ0n) is 17.2. The van der Waals surface area contributed by atoms with Gasteiger partial charge in [-0.25, -0.2) is 0 Å². The molecule has 3 aliphatic rings. The topological polar surface area (TPSA) is 76.5 Å². The summed E-state index contributed by atoms with van der Waals surface area (Å²) < 4.78 is 7.78. The van der Waals surface area contributed by atoms with Crippen LogP contribution >= 0.6 is 0 Å². The maximum Gasteiger partial charge on any atom is 0.257 e. The smallest absolute Gasteiger partial charge is 0.257 e. The molecular weight excluding hydrogens is 380 g/mol. The number of carbonyl (C=O) groups excluding carboxylic acids is 2. The van der Waals surface area contributed by atoms with Crippen molar-refractivity contribution in [3.05, 3.63) is 53.3 Å². The fourth-order valence-corrected chi connectivity index (χ4v) is 5.16. The minimum absolute atomic E-state index is 0.0445. The van der Waals surface area contributed by atoms with Crippen LogP contribution in [0.5, 0.6) is 0 Å². The molecule has 1 unspecified atom stereocenters. The Morgan fingerprint density at radius 2 is 2.07 bits per heavy atom. The molecule has 1 atom stereocenters. The number of nitrogens with zero attached hydrogens (tertiary/aromatic N) is 3. The molecule has 1 aromatic carbocycles. The highest BCUT2D eigenvalue weighted by Gasteiger charge is 2.44. The third-order valence-corrected chi connectivity index (χ3v) is 6.69. The Bertz CT molecular complexity index is 945. The van der Waals surface area contributed by atoms with Crippen molar-refractivity contribution in [1.29, 1.82) is 0 Å². The highest BCUT2D eigenvalue weighted by molar-refractivity contribution is 5.94. The van der Waals surface area contributed by atoms with Crippen molar-refractivity contribution in [2.24, 2.45) is 0 Å². The van der Waals surface area contributed by atoms with Crippen molar-refractivity contribution < 1.29 is 14.3 Å². The molecule has 0 bridgehead atoms. The molecule has 30 heavy (non-hydrogen) atoms. The fraction of sp³-hybridized carbons (Fsp3) is 0.522. The normalized spacial score (nSPS) is 23.7. The average Bonchev–Trinajstić information content (AvgIpc) is 3.50. The summed E-state index contributed by atoms with van der Waals surface area (Å²) in [5.74, 6) is -0.0959. The van der Waals surface area contributed by atoms with E-state index in [1.54, 1.807) is 17.1 Å². The van der Waals surface area contributed by atoms with Gasteiger partial charge in [-0.05, 0) is 36.8 Å². The predicted octanol–water partition coefficient (Wildman–Crippen LogP) is 2.26. The van der Waals surface area contributed by atoms with Crippen molar-refractivity contribution >= 4 is 11.8 Å². The van der Waals surface area contributed by atoms with E-state index in [-0.39, 0.29) is 24.4 Å². The average molecular weight is 409 g/mol. The summed E-state index contributed by atoms with van der Waals surface area (Å²) in [5, 5.41) is 7.31. The molecular formula is C23H28N4O3. The van der Waals surface area contributed by atoms with Crippen LogP contribution in [0.25, 0.3) is 0 Å². The molecule has 5 rings (SSSR count). The van der Waals surface area contributed by atoms with Crippen LogP contribution in [0.1, 0.15) is 53.6 Å². The first-order valence-electron chi connectivity index (χ1n) is 11.0. The Morgan fingerprint density at radius 1 is 1.23 bits per heavy atom. The Hall–Kier alpha value is -2.67. The first kappa shape index (κ1) is 19.3. The number of hydrogen-bond donors (Lipinski definition) is 1. The van der Waals surface area contributed by atoms with Crippen LogP contribution in [0.4, 0.5) is 0 Å². The fourth-order valence-electron chi connectivity index (χ4n) is 5.16. The Morgan fingerprint density at radius 3 is 2.93 bits per heavy atom. The molecule has 7 nitrogen and oxygen atoms in total. The molecule has 1 aliphatic heterocycles. The molecule has 1 saturated carbocycles. The summed E-state index contributed by atoms with van der Waals surface area (Å²) in [6.07, 6.45) is 9.58. The first-order valence-corrected chi connectivity index (χ1v) is 11.0. The van der Waals surface area contributed by atoms with Crippen molar-refractivity contribution in [1.82, 2.24) is 20.0 Å². The lowest BCUT2D eigenvalue weighted by atomic mass is 9.93. The van der Waals surface area contributed by atoms with Crippen LogP contribution in [0, 0.1) is 0 Å². The molecule has 2 aromatic rings.